The monoisotopic (exact) mass is 262 g/mol. The summed E-state index contributed by atoms with van der Waals surface area (Å²) in [7, 11) is 0. The molecule has 0 unspecified atom stereocenters. The minimum atomic E-state index is -0.174. The number of rotatable bonds is 4. The highest BCUT2D eigenvalue weighted by atomic mass is 16.4. The van der Waals surface area contributed by atoms with Crippen LogP contribution in [0.25, 0.3) is 0 Å². The third-order valence-electron chi connectivity index (χ3n) is 3.77. The van der Waals surface area contributed by atoms with Gasteiger partial charge in [-0.1, -0.05) is 12.1 Å². The van der Waals surface area contributed by atoms with Crippen molar-refractivity contribution in [1.82, 2.24) is 10.3 Å². The molecule has 0 aromatic carbocycles. The number of carbonyl (C=O) groups is 1. The molecule has 0 saturated heterocycles. The first-order valence-electron chi connectivity index (χ1n) is 6.37. The molecule has 4 N–H and O–H groups in total. The predicted octanol–water partition coefficient (Wildman–Crippen LogP) is 1.24. The second-order valence-corrected chi connectivity index (χ2v) is 4.86. The zero-order chi connectivity index (χ0) is 13.9. The van der Waals surface area contributed by atoms with Gasteiger partial charge in [0, 0.05) is 17.3 Å². The van der Waals surface area contributed by atoms with Gasteiger partial charge in [-0.15, -0.1) is 0 Å². The van der Waals surface area contributed by atoms with Crippen molar-refractivity contribution in [3.8, 4) is 0 Å². The standard InChI is InChI=1S/C13H18N4O2/c1-2-13(6-3-7-13)16-12(18)10-5-4-9(8-15-10)11(14)17-19/h4-5,8,19H,2-3,6-7H2,1H3,(H2,14,17)(H,16,18). The van der Waals surface area contributed by atoms with Gasteiger partial charge in [-0.25, -0.2) is 0 Å². The van der Waals surface area contributed by atoms with Gasteiger partial charge in [-0.05, 0) is 37.8 Å². The van der Waals surface area contributed by atoms with E-state index in [9.17, 15) is 4.79 Å². The van der Waals surface area contributed by atoms with Crippen LogP contribution in [0.5, 0.6) is 0 Å². The van der Waals surface area contributed by atoms with Crippen LogP contribution in [-0.4, -0.2) is 27.5 Å². The van der Waals surface area contributed by atoms with E-state index in [0.29, 0.717) is 11.3 Å². The first-order valence-corrected chi connectivity index (χ1v) is 6.37. The average Bonchev–Trinajstić information content (AvgIpc) is 2.42. The maximum atomic E-state index is 12.1. The Kier molecular flexibility index (Phi) is 3.69. The predicted molar refractivity (Wildman–Crippen MR) is 71.1 cm³/mol. The molecule has 102 valence electrons. The zero-order valence-corrected chi connectivity index (χ0v) is 10.9. The van der Waals surface area contributed by atoms with Crippen LogP contribution in [0.2, 0.25) is 0 Å². The first-order chi connectivity index (χ1) is 9.10. The SMILES string of the molecule is CCC1(NC(=O)c2ccc(/C(N)=N/O)cn2)CCC1. The number of pyridine rings is 1. The zero-order valence-electron chi connectivity index (χ0n) is 10.9. The molecule has 2 rings (SSSR count). The highest BCUT2D eigenvalue weighted by Crippen LogP contribution is 2.34. The molecule has 1 aromatic rings. The fourth-order valence-corrected chi connectivity index (χ4v) is 2.21. The van der Waals surface area contributed by atoms with Crippen LogP contribution in [0.4, 0.5) is 0 Å². The number of hydrogen-bond donors (Lipinski definition) is 3. The average molecular weight is 262 g/mol. The molecule has 0 radical (unpaired) electrons. The lowest BCUT2D eigenvalue weighted by Gasteiger charge is -2.41. The number of amides is 1. The number of nitrogens with one attached hydrogen (secondary N) is 1. The molecule has 0 spiro atoms. The van der Waals surface area contributed by atoms with Crippen LogP contribution in [0, 0.1) is 0 Å². The van der Waals surface area contributed by atoms with E-state index in [1.165, 1.54) is 6.20 Å². The summed E-state index contributed by atoms with van der Waals surface area (Å²) in [6.07, 6.45) is 5.56. The lowest BCUT2D eigenvalue weighted by atomic mass is 9.75. The van der Waals surface area contributed by atoms with E-state index >= 15 is 0 Å². The summed E-state index contributed by atoms with van der Waals surface area (Å²) in [6.45, 7) is 2.08. The quantitative estimate of drug-likeness (QED) is 0.329. The molecular weight excluding hydrogens is 244 g/mol. The summed E-state index contributed by atoms with van der Waals surface area (Å²) in [5.41, 5.74) is 6.20. The van der Waals surface area contributed by atoms with Crippen LogP contribution in [-0.2, 0) is 0 Å². The van der Waals surface area contributed by atoms with Crippen molar-refractivity contribution in [2.45, 2.75) is 38.1 Å². The molecule has 1 heterocycles. The third kappa shape index (κ3) is 2.67. The van der Waals surface area contributed by atoms with Gasteiger partial charge in [0.2, 0.25) is 0 Å². The normalized spacial score (nSPS) is 17.6. The Morgan fingerprint density at radius 3 is 2.74 bits per heavy atom. The van der Waals surface area contributed by atoms with Gasteiger partial charge in [0.15, 0.2) is 5.84 Å². The maximum Gasteiger partial charge on any atom is 0.270 e. The Labute approximate surface area is 111 Å². The van der Waals surface area contributed by atoms with Gasteiger partial charge < -0.3 is 16.3 Å². The van der Waals surface area contributed by atoms with Crippen molar-refractivity contribution in [3.05, 3.63) is 29.6 Å². The first kappa shape index (κ1) is 13.3. The summed E-state index contributed by atoms with van der Waals surface area (Å²) in [4.78, 5) is 16.1. The number of oxime groups is 1. The summed E-state index contributed by atoms with van der Waals surface area (Å²) >= 11 is 0. The molecule has 1 amide bonds. The molecule has 0 bridgehead atoms. The van der Waals surface area contributed by atoms with Gasteiger partial charge in [0.05, 0.1) is 0 Å². The van der Waals surface area contributed by atoms with Crippen LogP contribution in [0.3, 0.4) is 0 Å². The summed E-state index contributed by atoms with van der Waals surface area (Å²) in [5, 5.41) is 14.5. The molecule has 1 aliphatic carbocycles. The molecule has 1 fully saturated rings. The van der Waals surface area contributed by atoms with Gasteiger partial charge in [0.25, 0.3) is 5.91 Å². The molecule has 1 aromatic heterocycles. The number of nitrogens with two attached hydrogens (primary N) is 1. The maximum absolute atomic E-state index is 12.1. The van der Waals surface area contributed by atoms with Gasteiger partial charge in [-0.2, -0.15) is 0 Å². The molecule has 6 heteroatoms. The molecule has 1 aliphatic rings. The van der Waals surface area contributed by atoms with E-state index < -0.39 is 0 Å². The Morgan fingerprint density at radius 2 is 2.32 bits per heavy atom. The molecule has 19 heavy (non-hydrogen) atoms. The highest BCUT2D eigenvalue weighted by Gasteiger charge is 2.36. The summed E-state index contributed by atoms with van der Waals surface area (Å²) in [5.74, 6) is -0.198. The fourth-order valence-electron chi connectivity index (χ4n) is 2.21. The van der Waals surface area contributed by atoms with E-state index in [2.05, 4.69) is 22.4 Å². The summed E-state index contributed by atoms with van der Waals surface area (Å²) < 4.78 is 0. The Morgan fingerprint density at radius 1 is 1.58 bits per heavy atom. The van der Waals surface area contributed by atoms with E-state index in [1.54, 1.807) is 12.1 Å². The Hall–Kier alpha value is -2.11. The van der Waals surface area contributed by atoms with Crippen molar-refractivity contribution in [3.63, 3.8) is 0 Å². The molecular formula is C13H18N4O2. The number of aromatic nitrogens is 1. The minimum absolute atomic E-state index is 0.0246. The molecule has 0 aliphatic heterocycles. The highest BCUT2D eigenvalue weighted by molar-refractivity contribution is 5.98. The third-order valence-corrected chi connectivity index (χ3v) is 3.77. The number of hydrogen-bond acceptors (Lipinski definition) is 4. The number of carbonyl (C=O) groups excluding carboxylic acids is 1. The second kappa shape index (κ2) is 5.26. The summed E-state index contributed by atoms with van der Waals surface area (Å²) in [6, 6.07) is 3.18. The van der Waals surface area contributed by atoms with Crippen molar-refractivity contribution in [1.29, 1.82) is 0 Å². The molecule has 0 atom stereocenters. The Balaban J connectivity index is 2.07. The smallest absolute Gasteiger partial charge is 0.270 e. The van der Waals surface area contributed by atoms with E-state index in [0.717, 1.165) is 25.7 Å². The largest absolute Gasteiger partial charge is 0.409 e. The second-order valence-electron chi connectivity index (χ2n) is 4.86. The van der Waals surface area contributed by atoms with Crippen molar-refractivity contribution >= 4 is 11.7 Å². The van der Waals surface area contributed by atoms with Gasteiger partial charge in [-0.3, -0.25) is 9.78 Å². The number of amidine groups is 1. The topological polar surface area (TPSA) is 101 Å². The van der Waals surface area contributed by atoms with E-state index in [1.807, 2.05) is 0 Å². The lowest BCUT2D eigenvalue weighted by molar-refractivity contribution is 0.0815. The van der Waals surface area contributed by atoms with Crippen LogP contribution >= 0.6 is 0 Å². The van der Waals surface area contributed by atoms with Crippen LogP contribution in [0.1, 0.15) is 48.7 Å². The fraction of sp³-hybridized carbons (Fsp3) is 0.462. The van der Waals surface area contributed by atoms with Crippen molar-refractivity contribution < 1.29 is 10.0 Å². The van der Waals surface area contributed by atoms with Crippen molar-refractivity contribution in [2.75, 3.05) is 0 Å². The van der Waals surface area contributed by atoms with Gasteiger partial charge in [0.1, 0.15) is 5.69 Å². The Bertz CT molecular complexity index is 486. The van der Waals surface area contributed by atoms with Gasteiger partial charge >= 0.3 is 0 Å². The van der Waals surface area contributed by atoms with E-state index in [4.69, 9.17) is 10.9 Å². The van der Waals surface area contributed by atoms with Crippen LogP contribution < -0.4 is 11.1 Å². The van der Waals surface area contributed by atoms with E-state index in [-0.39, 0.29) is 17.3 Å². The van der Waals surface area contributed by atoms with Crippen LogP contribution in [0.15, 0.2) is 23.5 Å². The molecule has 1 saturated carbocycles. The number of nitrogens with zero attached hydrogens (tertiary/aromatic N) is 2. The lowest BCUT2D eigenvalue weighted by Crippen LogP contribution is -2.53. The minimum Gasteiger partial charge on any atom is -0.409 e. The molecule has 6 nitrogen and oxygen atoms in total. The van der Waals surface area contributed by atoms with Crippen molar-refractivity contribution in [2.24, 2.45) is 10.9 Å².